The zero-order chi connectivity index (χ0) is 18.6. The van der Waals surface area contributed by atoms with E-state index in [1.807, 2.05) is 7.05 Å². The zero-order valence-corrected chi connectivity index (χ0v) is 20.0. The molecule has 0 bridgehead atoms. The van der Waals surface area contributed by atoms with Crippen molar-refractivity contribution >= 4 is 51.6 Å². The molecule has 2 aliphatic rings. The van der Waals surface area contributed by atoms with Crippen LogP contribution < -0.4 is 15.5 Å². The number of rotatable bonds is 4. The van der Waals surface area contributed by atoms with Gasteiger partial charge in [0.25, 0.3) is 0 Å². The van der Waals surface area contributed by atoms with Gasteiger partial charge in [-0.1, -0.05) is 15.9 Å². The summed E-state index contributed by atoms with van der Waals surface area (Å²) in [6.45, 7) is 3.70. The van der Waals surface area contributed by atoms with Gasteiger partial charge in [0, 0.05) is 49.3 Å². The summed E-state index contributed by atoms with van der Waals surface area (Å²) in [5, 5.41) is 15.6. The molecule has 2 aromatic rings. The molecule has 1 unspecified atom stereocenters. The van der Waals surface area contributed by atoms with E-state index in [0.29, 0.717) is 12.6 Å². The lowest BCUT2D eigenvalue weighted by molar-refractivity contribution is 0.504. The highest BCUT2D eigenvalue weighted by molar-refractivity contribution is 14.0. The maximum Gasteiger partial charge on any atom is 0.191 e. The van der Waals surface area contributed by atoms with Crippen molar-refractivity contribution in [2.45, 2.75) is 44.8 Å². The van der Waals surface area contributed by atoms with E-state index >= 15 is 0 Å². The maximum atomic E-state index is 4.38. The minimum atomic E-state index is 0. The Kier molecular flexibility index (Phi) is 7.55. The third-order valence-corrected chi connectivity index (χ3v) is 5.82. The summed E-state index contributed by atoms with van der Waals surface area (Å²) in [6, 6.07) is 8.89. The molecular weight excluding hydrogens is 533 g/mol. The van der Waals surface area contributed by atoms with Crippen LogP contribution in [-0.4, -0.2) is 46.9 Å². The van der Waals surface area contributed by atoms with Gasteiger partial charge in [0.15, 0.2) is 11.8 Å². The third kappa shape index (κ3) is 4.97. The summed E-state index contributed by atoms with van der Waals surface area (Å²) >= 11 is 3.50. The van der Waals surface area contributed by atoms with E-state index in [-0.39, 0.29) is 24.0 Å². The van der Waals surface area contributed by atoms with Crippen molar-refractivity contribution in [2.75, 3.05) is 25.0 Å². The number of nitrogens with zero attached hydrogens (tertiary/aromatic N) is 5. The van der Waals surface area contributed by atoms with Gasteiger partial charge in [-0.15, -0.1) is 34.2 Å². The van der Waals surface area contributed by atoms with E-state index in [0.717, 1.165) is 54.6 Å². The lowest BCUT2D eigenvalue weighted by Gasteiger charge is -2.21. The molecule has 1 saturated heterocycles. The summed E-state index contributed by atoms with van der Waals surface area (Å²) < 4.78 is 3.36. The highest BCUT2D eigenvalue weighted by Gasteiger charge is 2.23. The molecule has 0 aliphatic carbocycles. The van der Waals surface area contributed by atoms with Crippen LogP contribution in [0.1, 0.15) is 30.9 Å². The van der Waals surface area contributed by atoms with Gasteiger partial charge in [0.1, 0.15) is 5.82 Å². The molecule has 9 heteroatoms. The molecule has 3 heterocycles. The number of hydrogen-bond acceptors (Lipinski definition) is 4. The number of aryl methyl sites for hydroxylation is 1. The van der Waals surface area contributed by atoms with Gasteiger partial charge >= 0.3 is 0 Å². The van der Waals surface area contributed by atoms with Crippen molar-refractivity contribution in [2.24, 2.45) is 4.99 Å². The molecule has 4 rings (SSSR count). The molecule has 1 atom stereocenters. The largest absolute Gasteiger partial charge is 0.369 e. The molecule has 0 amide bonds. The van der Waals surface area contributed by atoms with Gasteiger partial charge in [-0.05, 0) is 43.5 Å². The Hall–Kier alpha value is -1.36. The van der Waals surface area contributed by atoms with Crippen LogP contribution in [0, 0.1) is 0 Å². The van der Waals surface area contributed by atoms with Gasteiger partial charge in [-0.2, -0.15) is 0 Å². The maximum absolute atomic E-state index is 4.38. The summed E-state index contributed by atoms with van der Waals surface area (Å²) in [4.78, 5) is 6.79. The van der Waals surface area contributed by atoms with Gasteiger partial charge in [-0.25, -0.2) is 0 Å². The van der Waals surface area contributed by atoms with Crippen molar-refractivity contribution in [3.63, 3.8) is 0 Å². The SMILES string of the molecule is CN=C(NCc1nnc2n1CCCC2)NC1CCN(c2ccc(Br)cc2)C1.I. The predicted molar refractivity (Wildman–Crippen MR) is 126 cm³/mol. The Morgan fingerprint density at radius 2 is 2.04 bits per heavy atom. The molecule has 28 heavy (non-hydrogen) atoms. The summed E-state index contributed by atoms with van der Waals surface area (Å²) in [5.41, 5.74) is 1.26. The second kappa shape index (κ2) is 9.91. The molecule has 0 spiro atoms. The van der Waals surface area contributed by atoms with Crippen LogP contribution in [-0.2, 0) is 19.5 Å². The second-order valence-electron chi connectivity index (χ2n) is 7.12. The third-order valence-electron chi connectivity index (χ3n) is 5.29. The quantitative estimate of drug-likeness (QED) is 0.342. The molecule has 1 fully saturated rings. The number of fused-ring (bicyclic) bond motifs is 1. The second-order valence-corrected chi connectivity index (χ2v) is 8.04. The van der Waals surface area contributed by atoms with Crippen LogP contribution in [0.25, 0.3) is 0 Å². The Morgan fingerprint density at radius 3 is 2.82 bits per heavy atom. The minimum absolute atomic E-state index is 0. The van der Waals surface area contributed by atoms with E-state index in [1.165, 1.54) is 18.5 Å². The highest BCUT2D eigenvalue weighted by Crippen LogP contribution is 2.22. The summed E-state index contributed by atoms with van der Waals surface area (Å²) in [5.74, 6) is 2.93. The number of aliphatic imine (C=N–C) groups is 1. The normalized spacial score (nSPS) is 19.1. The molecule has 2 aliphatic heterocycles. The Bertz CT molecular complexity index is 805. The molecule has 7 nitrogen and oxygen atoms in total. The fourth-order valence-electron chi connectivity index (χ4n) is 3.81. The number of guanidine groups is 1. The van der Waals surface area contributed by atoms with Crippen LogP contribution in [0.2, 0.25) is 0 Å². The highest BCUT2D eigenvalue weighted by atomic mass is 127. The first-order valence-corrected chi connectivity index (χ1v) is 10.4. The average molecular weight is 560 g/mol. The van der Waals surface area contributed by atoms with Crippen molar-refractivity contribution < 1.29 is 0 Å². The average Bonchev–Trinajstić information content (AvgIpc) is 3.33. The predicted octanol–water partition coefficient (Wildman–Crippen LogP) is 2.94. The lowest BCUT2D eigenvalue weighted by Crippen LogP contribution is -2.44. The Labute approximate surface area is 191 Å². The summed E-state index contributed by atoms with van der Waals surface area (Å²) in [7, 11) is 1.82. The molecule has 1 aromatic carbocycles. The minimum Gasteiger partial charge on any atom is -0.369 e. The Balaban J connectivity index is 0.00000225. The fourth-order valence-corrected chi connectivity index (χ4v) is 4.08. The van der Waals surface area contributed by atoms with Crippen molar-refractivity contribution in [3.05, 3.63) is 40.4 Å². The number of halogens is 2. The topological polar surface area (TPSA) is 70.4 Å². The van der Waals surface area contributed by atoms with Gasteiger partial charge < -0.3 is 20.1 Å². The smallest absolute Gasteiger partial charge is 0.191 e. The Morgan fingerprint density at radius 1 is 1.21 bits per heavy atom. The van der Waals surface area contributed by atoms with Crippen LogP contribution in [0.4, 0.5) is 5.69 Å². The lowest BCUT2D eigenvalue weighted by atomic mass is 10.2. The first-order valence-electron chi connectivity index (χ1n) is 9.61. The van der Waals surface area contributed by atoms with Crippen LogP contribution in [0.5, 0.6) is 0 Å². The standard InChI is InChI=1S/C19H26BrN7.HI/c1-21-19(22-12-18-25-24-17-4-2-3-10-27(17)18)23-15-9-11-26(13-15)16-7-5-14(20)6-8-16;/h5-8,15H,2-4,9-13H2,1H3,(H2,21,22,23);1H. The monoisotopic (exact) mass is 559 g/mol. The van der Waals surface area contributed by atoms with E-state index in [1.54, 1.807) is 0 Å². The number of aromatic nitrogens is 3. The van der Waals surface area contributed by atoms with Gasteiger partial charge in [0.05, 0.1) is 6.54 Å². The molecule has 152 valence electrons. The fraction of sp³-hybridized carbons (Fsp3) is 0.526. The molecule has 2 N–H and O–H groups in total. The molecular formula is C19H27BrIN7. The van der Waals surface area contributed by atoms with E-state index in [9.17, 15) is 0 Å². The van der Waals surface area contributed by atoms with E-state index in [4.69, 9.17) is 0 Å². The molecule has 1 aromatic heterocycles. The molecule has 0 radical (unpaired) electrons. The number of nitrogens with one attached hydrogen (secondary N) is 2. The van der Waals surface area contributed by atoms with Crippen LogP contribution in [0.3, 0.4) is 0 Å². The van der Waals surface area contributed by atoms with Crippen molar-refractivity contribution in [3.8, 4) is 0 Å². The first kappa shape index (κ1) is 21.4. The summed E-state index contributed by atoms with van der Waals surface area (Å²) in [6.07, 6.45) is 4.55. The van der Waals surface area contributed by atoms with Crippen LogP contribution >= 0.6 is 39.9 Å². The van der Waals surface area contributed by atoms with E-state index < -0.39 is 0 Å². The van der Waals surface area contributed by atoms with Gasteiger partial charge in [0.2, 0.25) is 0 Å². The molecule has 0 saturated carbocycles. The zero-order valence-electron chi connectivity index (χ0n) is 16.1. The number of anilines is 1. The first-order chi connectivity index (χ1) is 13.2. The van der Waals surface area contributed by atoms with Gasteiger partial charge in [-0.3, -0.25) is 4.99 Å². The van der Waals surface area contributed by atoms with Crippen molar-refractivity contribution in [1.82, 2.24) is 25.4 Å². The number of hydrogen-bond donors (Lipinski definition) is 2. The van der Waals surface area contributed by atoms with Crippen LogP contribution in [0.15, 0.2) is 33.7 Å². The number of benzene rings is 1. The van der Waals surface area contributed by atoms with Crippen molar-refractivity contribution in [1.29, 1.82) is 0 Å². The van der Waals surface area contributed by atoms with E-state index in [2.05, 4.69) is 75.5 Å².